The molecule has 0 saturated carbocycles. The summed E-state index contributed by atoms with van der Waals surface area (Å²) in [5.74, 6) is 0. The Morgan fingerprint density at radius 2 is 1.33 bits per heavy atom. The third kappa shape index (κ3) is 11.8. The van der Waals surface area contributed by atoms with Crippen LogP contribution in [0.5, 0.6) is 0 Å². The SMILES string of the molecule is CCCCCCCC(O)CCCCCO. The first-order chi connectivity index (χ1) is 7.31. The van der Waals surface area contributed by atoms with Gasteiger partial charge in [0.25, 0.3) is 0 Å². The lowest BCUT2D eigenvalue weighted by Gasteiger charge is -2.09. The van der Waals surface area contributed by atoms with E-state index in [4.69, 9.17) is 5.11 Å². The standard InChI is InChI=1S/C13H28O2/c1-2-3-4-5-7-10-13(15)11-8-6-9-12-14/h13-15H,2-12H2,1H3. The molecule has 15 heavy (non-hydrogen) atoms. The Morgan fingerprint density at radius 3 is 1.87 bits per heavy atom. The Labute approximate surface area is 94.7 Å². The van der Waals surface area contributed by atoms with Gasteiger partial charge in [-0.3, -0.25) is 0 Å². The van der Waals surface area contributed by atoms with Crippen LogP contribution in [0.4, 0.5) is 0 Å². The van der Waals surface area contributed by atoms with Crippen LogP contribution in [0.25, 0.3) is 0 Å². The predicted molar refractivity (Wildman–Crippen MR) is 64.9 cm³/mol. The second kappa shape index (κ2) is 12.0. The lowest BCUT2D eigenvalue weighted by atomic mass is 10.0. The van der Waals surface area contributed by atoms with E-state index >= 15 is 0 Å². The Hall–Kier alpha value is -0.0800. The van der Waals surface area contributed by atoms with Crippen molar-refractivity contribution in [3.05, 3.63) is 0 Å². The van der Waals surface area contributed by atoms with Gasteiger partial charge in [-0.15, -0.1) is 0 Å². The van der Waals surface area contributed by atoms with E-state index in [1.807, 2.05) is 0 Å². The van der Waals surface area contributed by atoms with Crippen LogP contribution in [0.3, 0.4) is 0 Å². The fourth-order valence-electron chi connectivity index (χ4n) is 1.80. The van der Waals surface area contributed by atoms with Crippen molar-refractivity contribution in [3.8, 4) is 0 Å². The lowest BCUT2D eigenvalue weighted by molar-refractivity contribution is 0.146. The summed E-state index contributed by atoms with van der Waals surface area (Å²) in [6.07, 6.45) is 11.1. The summed E-state index contributed by atoms with van der Waals surface area (Å²) in [6, 6.07) is 0. The molecule has 0 aliphatic rings. The van der Waals surface area contributed by atoms with E-state index in [1.54, 1.807) is 0 Å². The van der Waals surface area contributed by atoms with Crippen LogP contribution < -0.4 is 0 Å². The van der Waals surface area contributed by atoms with Gasteiger partial charge in [-0.25, -0.2) is 0 Å². The monoisotopic (exact) mass is 216 g/mol. The van der Waals surface area contributed by atoms with Crippen LogP contribution in [-0.2, 0) is 0 Å². The summed E-state index contributed by atoms with van der Waals surface area (Å²) in [6.45, 7) is 2.50. The van der Waals surface area contributed by atoms with Crippen molar-refractivity contribution in [1.29, 1.82) is 0 Å². The molecule has 0 aromatic rings. The van der Waals surface area contributed by atoms with E-state index in [1.165, 1.54) is 32.1 Å². The van der Waals surface area contributed by atoms with Gasteiger partial charge in [0.15, 0.2) is 0 Å². The third-order valence-corrected chi connectivity index (χ3v) is 2.84. The maximum Gasteiger partial charge on any atom is 0.0540 e. The van der Waals surface area contributed by atoms with Gasteiger partial charge >= 0.3 is 0 Å². The van der Waals surface area contributed by atoms with Crippen LogP contribution in [0.1, 0.15) is 71.1 Å². The van der Waals surface area contributed by atoms with Crippen LogP contribution in [0.15, 0.2) is 0 Å². The highest BCUT2D eigenvalue weighted by Gasteiger charge is 2.03. The lowest BCUT2D eigenvalue weighted by Crippen LogP contribution is -2.06. The molecule has 0 bridgehead atoms. The Balaban J connectivity index is 3.08. The van der Waals surface area contributed by atoms with Crippen LogP contribution >= 0.6 is 0 Å². The second-order valence-electron chi connectivity index (χ2n) is 4.43. The van der Waals surface area contributed by atoms with Gasteiger partial charge in [0.1, 0.15) is 0 Å². The molecule has 0 saturated heterocycles. The van der Waals surface area contributed by atoms with Crippen molar-refractivity contribution < 1.29 is 10.2 Å². The maximum atomic E-state index is 9.64. The summed E-state index contributed by atoms with van der Waals surface area (Å²) < 4.78 is 0. The van der Waals surface area contributed by atoms with Crippen molar-refractivity contribution in [2.75, 3.05) is 6.61 Å². The van der Waals surface area contributed by atoms with Crippen LogP contribution in [-0.4, -0.2) is 22.9 Å². The first kappa shape index (κ1) is 14.9. The molecule has 0 rings (SSSR count). The topological polar surface area (TPSA) is 40.5 Å². The first-order valence-corrected chi connectivity index (χ1v) is 6.60. The van der Waals surface area contributed by atoms with E-state index in [0.717, 1.165) is 32.1 Å². The maximum absolute atomic E-state index is 9.64. The molecule has 1 unspecified atom stereocenters. The van der Waals surface area contributed by atoms with E-state index in [9.17, 15) is 5.11 Å². The van der Waals surface area contributed by atoms with Gasteiger partial charge in [-0.2, -0.15) is 0 Å². The van der Waals surface area contributed by atoms with E-state index in [2.05, 4.69) is 6.92 Å². The molecule has 0 aliphatic carbocycles. The number of hydrogen-bond acceptors (Lipinski definition) is 2. The molecule has 0 aliphatic heterocycles. The summed E-state index contributed by atoms with van der Waals surface area (Å²) in [5, 5.41) is 18.2. The Morgan fingerprint density at radius 1 is 0.800 bits per heavy atom. The molecule has 2 N–H and O–H groups in total. The van der Waals surface area contributed by atoms with E-state index < -0.39 is 0 Å². The summed E-state index contributed by atoms with van der Waals surface area (Å²) >= 11 is 0. The average Bonchev–Trinajstić information content (AvgIpc) is 2.24. The summed E-state index contributed by atoms with van der Waals surface area (Å²) in [4.78, 5) is 0. The molecule has 0 aromatic heterocycles. The third-order valence-electron chi connectivity index (χ3n) is 2.84. The van der Waals surface area contributed by atoms with Gasteiger partial charge in [0, 0.05) is 6.61 Å². The molecular weight excluding hydrogens is 188 g/mol. The van der Waals surface area contributed by atoms with Gasteiger partial charge in [-0.05, 0) is 19.3 Å². The molecule has 0 amide bonds. The molecule has 2 nitrogen and oxygen atoms in total. The minimum absolute atomic E-state index is 0.106. The van der Waals surface area contributed by atoms with Gasteiger partial charge in [0.2, 0.25) is 0 Å². The number of rotatable bonds is 11. The summed E-state index contributed by atoms with van der Waals surface area (Å²) in [5.41, 5.74) is 0. The van der Waals surface area contributed by atoms with Crippen molar-refractivity contribution in [2.45, 2.75) is 77.2 Å². The van der Waals surface area contributed by atoms with Crippen molar-refractivity contribution in [3.63, 3.8) is 0 Å². The number of unbranched alkanes of at least 4 members (excludes halogenated alkanes) is 6. The first-order valence-electron chi connectivity index (χ1n) is 6.60. The van der Waals surface area contributed by atoms with Crippen LogP contribution in [0.2, 0.25) is 0 Å². The molecule has 0 spiro atoms. The van der Waals surface area contributed by atoms with Gasteiger partial charge in [0.05, 0.1) is 6.10 Å². The van der Waals surface area contributed by atoms with Crippen LogP contribution in [0, 0.1) is 0 Å². The normalized spacial score (nSPS) is 13.0. The molecule has 92 valence electrons. The van der Waals surface area contributed by atoms with Crippen molar-refractivity contribution >= 4 is 0 Å². The largest absolute Gasteiger partial charge is 0.396 e. The second-order valence-corrected chi connectivity index (χ2v) is 4.43. The molecular formula is C13H28O2. The number of aliphatic hydroxyl groups is 2. The molecule has 1 atom stereocenters. The van der Waals surface area contributed by atoms with Crippen molar-refractivity contribution in [1.82, 2.24) is 0 Å². The molecule has 0 aromatic carbocycles. The molecule has 0 radical (unpaired) electrons. The average molecular weight is 216 g/mol. The zero-order chi connectivity index (χ0) is 11.4. The Bertz CT molecular complexity index is 115. The fraction of sp³-hybridized carbons (Fsp3) is 1.00. The predicted octanol–water partition coefficient (Wildman–Crippen LogP) is 3.26. The molecule has 0 heterocycles. The van der Waals surface area contributed by atoms with E-state index in [-0.39, 0.29) is 12.7 Å². The minimum Gasteiger partial charge on any atom is -0.396 e. The highest BCUT2D eigenvalue weighted by molar-refractivity contribution is 4.56. The quantitative estimate of drug-likeness (QED) is 0.520. The molecule has 2 heteroatoms. The van der Waals surface area contributed by atoms with Gasteiger partial charge in [-0.1, -0.05) is 51.9 Å². The molecule has 0 fully saturated rings. The number of aliphatic hydroxyl groups excluding tert-OH is 2. The van der Waals surface area contributed by atoms with Gasteiger partial charge < -0.3 is 10.2 Å². The summed E-state index contributed by atoms with van der Waals surface area (Å²) in [7, 11) is 0. The smallest absolute Gasteiger partial charge is 0.0540 e. The zero-order valence-corrected chi connectivity index (χ0v) is 10.2. The van der Waals surface area contributed by atoms with Crippen molar-refractivity contribution in [2.24, 2.45) is 0 Å². The zero-order valence-electron chi connectivity index (χ0n) is 10.2. The highest BCUT2D eigenvalue weighted by atomic mass is 16.3. The fourth-order valence-corrected chi connectivity index (χ4v) is 1.80. The van der Waals surface area contributed by atoms with E-state index in [0.29, 0.717) is 0 Å². The highest BCUT2D eigenvalue weighted by Crippen LogP contribution is 2.11. The Kier molecular flexibility index (Phi) is 11.9. The minimum atomic E-state index is -0.106. The number of hydrogen-bond donors (Lipinski definition) is 2.